The van der Waals surface area contributed by atoms with Gasteiger partial charge in [0.05, 0.1) is 5.69 Å². The van der Waals surface area contributed by atoms with Gasteiger partial charge in [-0.25, -0.2) is 4.90 Å². The quantitative estimate of drug-likeness (QED) is 0.684. The Morgan fingerprint density at radius 3 is 2.13 bits per heavy atom. The van der Waals surface area contributed by atoms with Crippen molar-refractivity contribution in [2.24, 2.45) is 0 Å². The van der Waals surface area contributed by atoms with Gasteiger partial charge in [0.2, 0.25) is 0 Å². The molecule has 0 unspecified atom stereocenters. The third kappa shape index (κ3) is 2.06. The SMILES string of the molecule is CN(C)c1ccc2c(c1)Cc1cc(N3C(=O)C=CC3=O)ccc1-2. The molecule has 0 aromatic heterocycles. The summed E-state index contributed by atoms with van der Waals surface area (Å²) in [5, 5.41) is 0. The van der Waals surface area contributed by atoms with Crippen molar-refractivity contribution >= 4 is 23.2 Å². The van der Waals surface area contributed by atoms with Crippen molar-refractivity contribution in [1.29, 1.82) is 0 Å². The topological polar surface area (TPSA) is 40.6 Å². The molecule has 1 heterocycles. The van der Waals surface area contributed by atoms with Gasteiger partial charge >= 0.3 is 0 Å². The van der Waals surface area contributed by atoms with Gasteiger partial charge in [0.15, 0.2) is 0 Å². The number of hydrogen-bond acceptors (Lipinski definition) is 3. The molecule has 0 spiro atoms. The predicted octanol–water partition coefficient (Wildman–Crippen LogP) is 2.75. The van der Waals surface area contributed by atoms with Crippen molar-refractivity contribution in [3.8, 4) is 11.1 Å². The lowest BCUT2D eigenvalue weighted by molar-refractivity contribution is -0.119. The Morgan fingerprint density at radius 2 is 1.48 bits per heavy atom. The highest BCUT2D eigenvalue weighted by molar-refractivity contribution is 6.28. The molecule has 114 valence electrons. The van der Waals surface area contributed by atoms with Crippen LogP contribution in [0.15, 0.2) is 48.6 Å². The molecule has 4 nitrogen and oxygen atoms in total. The summed E-state index contributed by atoms with van der Waals surface area (Å²) in [6.07, 6.45) is 3.45. The molecule has 4 rings (SSSR count). The fourth-order valence-corrected chi connectivity index (χ4v) is 3.26. The zero-order valence-electron chi connectivity index (χ0n) is 13.0. The van der Waals surface area contributed by atoms with Crippen LogP contribution in [-0.2, 0) is 16.0 Å². The lowest BCUT2D eigenvalue weighted by Gasteiger charge is -2.15. The van der Waals surface area contributed by atoms with Gasteiger partial charge < -0.3 is 4.90 Å². The van der Waals surface area contributed by atoms with Crippen LogP contribution in [0, 0.1) is 0 Å². The lowest BCUT2D eigenvalue weighted by atomic mass is 10.0. The zero-order valence-corrected chi connectivity index (χ0v) is 13.0. The van der Waals surface area contributed by atoms with E-state index < -0.39 is 0 Å². The van der Waals surface area contributed by atoms with Gasteiger partial charge in [0.1, 0.15) is 0 Å². The van der Waals surface area contributed by atoms with Gasteiger partial charge in [0, 0.05) is 31.9 Å². The van der Waals surface area contributed by atoms with Crippen LogP contribution in [-0.4, -0.2) is 25.9 Å². The number of fused-ring (bicyclic) bond motifs is 3. The number of carbonyl (C=O) groups excluding carboxylic acids is 2. The summed E-state index contributed by atoms with van der Waals surface area (Å²) in [5.41, 5.74) is 6.66. The second-order valence-corrected chi connectivity index (χ2v) is 6.10. The van der Waals surface area contributed by atoms with Gasteiger partial charge in [-0.3, -0.25) is 9.59 Å². The summed E-state index contributed by atoms with van der Waals surface area (Å²) in [5.74, 6) is -0.555. The normalized spacial score (nSPS) is 15.1. The highest BCUT2D eigenvalue weighted by atomic mass is 16.2. The first-order chi connectivity index (χ1) is 11.0. The number of rotatable bonds is 2. The van der Waals surface area contributed by atoms with Crippen LogP contribution in [0.5, 0.6) is 0 Å². The Balaban J connectivity index is 1.74. The maximum absolute atomic E-state index is 11.8. The molecule has 2 amide bonds. The predicted molar refractivity (Wildman–Crippen MR) is 90.6 cm³/mol. The number of benzene rings is 2. The molecule has 0 N–H and O–H groups in total. The molecule has 2 aromatic rings. The van der Waals surface area contributed by atoms with Gasteiger partial charge in [-0.2, -0.15) is 0 Å². The van der Waals surface area contributed by atoms with Crippen molar-refractivity contribution < 1.29 is 9.59 Å². The first kappa shape index (κ1) is 13.8. The third-order valence-electron chi connectivity index (χ3n) is 4.43. The third-order valence-corrected chi connectivity index (χ3v) is 4.43. The molecular weight excluding hydrogens is 288 g/mol. The fourth-order valence-electron chi connectivity index (χ4n) is 3.26. The molecular formula is C19H16N2O2. The minimum Gasteiger partial charge on any atom is -0.378 e. The fraction of sp³-hybridized carbons (Fsp3) is 0.158. The Hall–Kier alpha value is -2.88. The van der Waals surface area contributed by atoms with Crippen LogP contribution in [0.1, 0.15) is 11.1 Å². The van der Waals surface area contributed by atoms with Crippen LogP contribution in [0.4, 0.5) is 11.4 Å². The molecule has 0 saturated carbocycles. The highest BCUT2D eigenvalue weighted by Crippen LogP contribution is 2.40. The van der Waals surface area contributed by atoms with E-state index in [1.54, 1.807) is 0 Å². The smallest absolute Gasteiger partial charge is 0.258 e. The number of imide groups is 1. The molecule has 1 aliphatic heterocycles. The highest BCUT2D eigenvalue weighted by Gasteiger charge is 2.27. The summed E-state index contributed by atoms with van der Waals surface area (Å²) in [6, 6.07) is 12.3. The summed E-state index contributed by atoms with van der Waals surface area (Å²) in [6.45, 7) is 0. The minimum atomic E-state index is -0.277. The lowest BCUT2D eigenvalue weighted by Crippen LogP contribution is -2.29. The minimum absolute atomic E-state index is 0.277. The number of anilines is 2. The van der Waals surface area contributed by atoms with Gasteiger partial charge in [0.25, 0.3) is 11.8 Å². The maximum atomic E-state index is 11.8. The summed E-state index contributed by atoms with van der Waals surface area (Å²) in [7, 11) is 4.05. The average molecular weight is 304 g/mol. The van der Waals surface area contributed by atoms with Gasteiger partial charge in [-0.15, -0.1) is 0 Å². The molecule has 0 bridgehead atoms. The molecule has 0 radical (unpaired) electrons. The molecule has 0 saturated heterocycles. The number of amides is 2. The average Bonchev–Trinajstić information content (AvgIpc) is 3.05. The second kappa shape index (κ2) is 4.81. The molecule has 23 heavy (non-hydrogen) atoms. The van der Waals surface area contributed by atoms with E-state index in [-0.39, 0.29) is 11.8 Å². The monoisotopic (exact) mass is 304 g/mol. The molecule has 1 aliphatic carbocycles. The largest absolute Gasteiger partial charge is 0.378 e. The van der Waals surface area contributed by atoms with E-state index in [2.05, 4.69) is 23.1 Å². The van der Waals surface area contributed by atoms with Crippen molar-refractivity contribution in [2.75, 3.05) is 23.9 Å². The Kier molecular flexibility index (Phi) is 2.88. The van der Waals surface area contributed by atoms with E-state index in [0.717, 1.165) is 12.0 Å². The van der Waals surface area contributed by atoms with Crippen LogP contribution >= 0.6 is 0 Å². The standard InChI is InChI=1S/C19H16N2O2/c1-20(2)14-3-5-16-12(10-14)9-13-11-15(4-6-17(13)16)21-18(22)7-8-19(21)23/h3-8,10-11H,9H2,1-2H3. The van der Waals surface area contributed by atoms with Crippen molar-refractivity contribution in [2.45, 2.75) is 6.42 Å². The van der Waals surface area contributed by atoms with Gasteiger partial charge in [-0.05, 0) is 52.9 Å². The van der Waals surface area contributed by atoms with Crippen LogP contribution < -0.4 is 9.80 Å². The zero-order chi connectivity index (χ0) is 16.1. The molecule has 0 fully saturated rings. The number of nitrogens with zero attached hydrogens (tertiary/aromatic N) is 2. The maximum Gasteiger partial charge on any atom is 0.258 e. The summed E-state index contributed by atoms with van der Waals surface area (Å²) < 4.78 is 0. The van der Waals surface area contributed by atoms with Gasteiger partial charge in [-0.1, -0.05) is 12.1 Å². The number of hydrogen-bond donors (Lipinski definition) is 0. The van der Waals surface area contributed by atoms with Crippen molar-refractivity contribution in [3.63, 3.8) is 0 Å². The summed E-state index contributed by atoms with van der Waals surface area (Å²) in [4.78, 5) is 27.0. The Bertz CT molecular complexity index is 863. The summed E-state index contributed by atoms with van der Waals surface area (Å²) >= 11 is 0. The molecule has 2 aliphatic rings. The van der Waals surface area contributed by atoms with Crippen LogP contribution in [0.25, 0.3) is 11.1 Å². The second-order valence-electron chi connectivity index (χ2n) is 6.10. The van der Waals surface area contributed by atoms with Crippen LogP contribution in [0.2, 0.25) is 0 Å². The van der Waals surface area contributed by atoms with E-state index in [9.17, 15) is 9.59 Å². The molecule has 2 aromatic carbocycles. The first-order valence-electron chi connectivity index (χ1n) is 7.54. The molecule has 4 heteroatoms. The number of carbonyl (C=O) groups is 2. The molecule has 0 atom stereocenters. The van der Waals surface area contributed by atoms with E-state index >= 15 is 0 Å². The van der Waals surface area contributed by atoms with E-state index in [4.69, 9.17) is 0 Å². The van der Waals surface area contributed by atoms with Crippen LogP contribution in [0.3, 0.4) is 0 Å². The van der Waals surface area contributed by atoms with E-state index in [1.165, 1.54) is 39.4 Å². The van der Waals surface area contributed by atoms with E-state index in [1.807, 2.05) is 32.3 Å². The Morgan fingerprint density at radius 1 is 0.870 bits per heavy atom. The Labute approximate surface area is 134 Å². The van der Waals surface area contributed by atoms with E-state index in [0.29, 0.717) is 5.69 Å². The van der Waals surface area contributed by atoms with Crippen molar-refractivity contribution in [1.82, 2.24) is 0 Å². The first-order valence-corrected chi connectivity index (χ1v) is 7.54. The van der Waals surface area contributed by atoms with Crippen molar-refractivity contribution in [3.05, 3.63) is 59.7 Å².